The summed E-state index contributed by atoms with van der Waals surface area (Å²) in [4.78, 5) is 0.165. The second kappa shape index (κ2) is 6.95. The van der Waals surface area contributed by atoms with Gasteiger partial charge in [0.2, 0.25) is 10.0 Å². The number of methoxy groups -OCH3 is 1. The Morgan fingerprint density at radius 1 is 1.36 bits per heavy atom. The molecule has 120 valence electrons. The molecule has 7 heteroatoms. The number of aryl methyl sites for hydroxylation is 1. The molecule has 0 fully saturated rings. The minimum Gasteiger partial charge on any atom is -0.496 e. The number of ether oxygens (including phenoxy) is 1. The zero-order valence-electron chi connectivity index (χ0n) is 12.4. The van der Waals surface area contributed by atoms with Crippen molar-refractivity contribution in [2.24, 2.45) is 0 Å². The van der Waals surface area contributed by atoms with Crippen LogP contribution in [0.25, 0.3) is 0 Å². The van der Waals surface area contributed by atoms with E-state index in [1.807, 2.05) is 0 Å². The van der Waals surface area contributed by atoms with E-state index in [9.17, 15) is 13.5 Å². The molecule has 1 aromatic heterocycles. The summed E-state index contributed by atoms with van der Waals surface area (Å²) >= 11 is 0. The zero-order chi connectivity index (χ0) is 16.2. The Morgan fingerprint density at radius 3 is 2.73 bits per heavy atom. The Hall–Kier alpha value is -1.83. The fraction of sp³-hybridized carbons (Fsp3) is 0.333. The molecular weight excluding hydrogens is 306 g/mol. The highest BCUT2D eigenvalue weighted by Gasteiger charge is 2.17. The lowest BCUT2D eigenvalue weighted by atomic mass is 10.2. The molecule has 0 aliphatic heterocycles. The van der Waals surface area contributed by atoms with Crippen LogP contribution in [0.4, 0.5) is 0 Å². The lowest BCUT2D eigenvalue weighted by molar-refractivity contribution is 0.142. The minimum absolute atomic E-state index is 0.106. The van der Waals surface area contributed by atoms with E-state index in [-0.39, 0.29) is 17.9 Å². The monoisotopic (exact) mass is 325 g/mol. The molecule has 2 N–H and O–H groups in total. The number of sulfonamides is 1. The lowest BCUT2D eigenvalue weighted by Crippen LogP contribution is -2.26. The highest BCUT2D eigenvalue weighted by Crippen LogP contribution is 2.21. The molecular formula is C15H19NO5S. The van der Waals surface area contributed by atoms with E-state index in [1.54, 1.807) is 31.2 Å². The quantitative estimate of drug-likeness (QED) is 0.813. The van der Waals surface area contributed by atoms with Gasteiger partial charge in [0.25, 0.3) is 0 Å². The van der Waals surface area contributed by atoms with Crippen LogP contribution in [0.15, 0.2) is 45.9 Å². The van der Waals surface area contributed by atoms with Crippen LogP contribution in [0, 0.1) is 6.92 Å². The average Bonchev–Trinajstić information content (AvgIpc) is 3.01. The largest absolute Gasteiger partial charge is 0.496 e. The molecule has 1 atom stereocenters. The van der Waals surface area contributed by atoms with Crippen LogP contribution in [0.2, 0.25) is 0 Å². The molecule has 6 nitrogen and oxygen atoms in total. The molecule has 0 aliphatic carbocycles. The number of furan rings is 1. The van der Waals surface area contributed by atoms with Crippen molar-refractivity contribution in [1.82, 2.24) is 4.72 Å². The molecule has 2 rings (SSSR count). The van der Waals surface area contributed by atoms with Gasteiger partial charge in [0, 0.05) is 6.54 Å². The van der Waals surface area contributed by atoms with E-state index in [0.717, 1.165) is 5.56 Å². The van der Waals surface area contributed by atoms with Crippen molar-refractivity contribution in [2.75, 3.05) is 13.7 Å². The van der Waals surface area contributed by atoms with E-state index < -0.39 is 16.1 Å². The van der Waals surface area contributed by atoms with Crippen LogP contribution in [0.3, 0.4) is 0 Å². The van der Waals surface area contributed by atoms with Crippen LogP contribution in [-0.4, -0.2) is 27.2 Å². The Labute approximate surface area is 129 Å². The van der Waals surface area contributed by atoms with Crippen molar-refractivity contribution in [3.63, 3.8) is 0 Å². The van der Waals surface area contributed by atoms with E-state index >= 15 is 0 Å². The van der Waals surface area contributed by atoms with Gasteiger partial charge in [-0.2, -0.15) is 0 Å². The Kier molecular flexibility index (Phi) is 5.23. The van der Waals surface area contributed by atoms with Crippen molar-refractivity contribution >= 4 is 10.0 Å². The van der Waals surface area contributed by atoms with Gasteiger partial charge >= 0.3 is 0 Å². The molecule has 1 unspecified atom stereocenters. The highest BCUT2D eigenvalue weighted by molar-refractivity contribution is 7.89. The predicted molar refractivity (Wildman–Crippen MR) is 81.2 cm³/mol. The number of aliphatic hydroxyl groups is 1. The maximum absolute atomic E-state index is 12.2. The standard InChI is InChI=1S/C15H19NO5S/c1-11-10-12(5-6-14(11)20-2)22(18,19)16-8-7-13(17)15-4-3-9-21-15/h3-6,9-10,13,16-17H,7-8H2,1-2H3. The van der Waals surface area contributed by atoms with E-state index in [0.29, 0.717) is 11.5 Å². The molecule has 0 aliphatic rings. The summed E-state index contributed by atoms with van der Waals surface area (Å²) in [6.07, 6.45) is 0.848. The van der Waals surface area contributed by atoms with Gasteiger partial charge in [-0.25, -0.2) is 13.1 Å². The first-order valence-corrected chi connectivity index (χ1v) is 8.28. The van der Waals surface area contributed by atoms with Gasteiger partial charge in [-0.15, -0.1) is 0 Å². The fourth-order valence-electron chi connectivity index (χ4n) is 2.05. The first-order valence-electron chi connectivity index (χ1n) is 6.80. The SMILES string of the molecule is COc1ccc(S(=O)(=O)NCCC(O)c2ccco2)cc1C. The summed E-state index contributed by atoms with van der Waals surface area (Å²) < 4.78 is 37.0. The Bertz CT molecular complexity index is 710. The summed E-state index contributed by atoms with van der Waals surface area (Å²) in [5.41, 5.74) is 0.737. The molecule has 0 amide bonds. The van der Waals surface area contributed by atoms with Gasteiger partial charge < -0.3 is 14.3 Å². The van der Waals surface area contributed by atoms with Gasteiger partial charge in [-0.1, -0.05) is 0 Å². The van der Waals surface area contributed by atoms with Gasteiger partial charge in [0.15, 0.2) is 0 Å². The average molecular weight is 325 g/mol. The molecule has 22 heavy (non-hydrogen) atoms. The summed E-state index contributed by atoms with van der Waals surface area (Å²) in [5, 5.41) is 9.84. The zero-order valence-corrected chi connectivity index (χ0v) is 13.3. The third-order valence-electron chi connectivity index (χ3n) is 3.26. The van der Waals surface area contributed by atoms with Gasteiger partial charge in [0.1, 0.15) is 17.6 Å². The number of benzene rings is 1. The third kappa shape index (κ3) is 3.88. The topological polar surface area (TPSA) is 88.8 Å². The smallest absolute Gasteiger partial charge is 0.240 e. The highest BCUT2D eigenvalue weighted by atomic mass is 32.2. The summed E-state index contributed by atoms with van der Waals surface area (Å²) in [6, 6.07) is 7.96. The number of hydrogen-bond donors (Lipinski definition) is 2. The fourth-order valence-corrected chi connectivity index (χ4v) is 3.19. The van der Waals surface area contributed by atoms with Crippen molar-refractivity contribution in [3.8, 4) is 5.75 Å². The minimum atomic E-state index is -3.62. The Balaban J connectivity index is 1.98. The van der Waals surface area contributed by atoms with Gasteiger partial charge in [-0.3, -0.25) is 0 Å². The van der Waals surface area contributed by atoms with Crippen molar-refractivity contribution < 1.29 is 22.7 Å². The van der Waals surface area contributed by atoms with E-state index in [2.05, 4.69) is 4.72 Å². The van der Waals surface area contributed by atoms with E-state index in [1.165, 1.54) is 19.4 Å². The second-order valence-corrected chi connectivity index (χ2v) is 6.62. The number of aliphatic hydroxyl groups excluding tert-OH is 1. The summed E-state index contributed by atoms with van der Waals surface area (Å²) in [7, 11) is -2.09. The summed E-state index contributed by atoms with van der Waals surface area (Å²) in [6.45, 7) is 1.88. The number of rotatable bonds is 7. The van der Waals surface area contributed by atoms with Crippen molar-refractivity contribution in [1.29, 1.82) is 0 Å². The van der Waals surface area contributed by atoms with Crippen LogP contribution >= 0.6 is 0 Å². The number of hydrogen-bond acceptors (Lipinski definition) is 5. The molecule has 0 saturated heterocycles. The molecule has 1 aromatic carbocycles. The maximum Gasteiger partial charge on any atom is 0.240 e. The van der Waals surface area contributed by atoms with Crippen LogP contribution in [-0.2, 0) is 10.0 Å². The molecule has 0 radical (unpaired) electrons. The van der Waals surface area contributed by atoms with Crippen molar-refractivity contribution in [3.05, 3.63) is 47.9 Å². The van der Waals surface area contributed by atoms with Crippen molar-refractivity contribution in [2.45, 2.75) is 24.3 Å². The molecule has 1 heterocycles. The van der Waals surface area contributed by atoms with Crippen LogP contribution in [0.5, 0.6) is 5.75 Å². The predicted octanol–water partition coefficient (Wildman–Crippen LogP) is 2.00. The normalized spacial score (nSPS) is 13.0. The van der Waals surface area contributed by atoms with Crippen LogP contribution in [0.1, 0.15) is 23.8 Å². The number of nitrogens with one attached hydrogen (secondary N) is 1. The first-order chi connectivity index (χ1) is 10.4. The molecule has 2 aromatic rings. The van der Waals surface area contributed by atoms with E-state index in [4.69, 9.17) is 9.15 Å². The Morgan fingerprint density at radius 2 is 2.14 bits per heavy atom. The first kappa shape index (κ1) is 16.5. The molecule has 0 bridgehead atoms. The maximum atomic E-state index is 12.2. The van der Waals surface area contributed by atoms with Gasteiger partial charge in [-0.05, 0) is 49.2 Å². The molecule has 0 saturated carbocycles. The second-order valence-electron chi connectivity index (χ2n) is 4.85. The lowest BCUT2D eigenvalue weighted by Gasteiger charge is -2.11. The van der Waals surface area contributed by atoms with Gasteiger partial charge in [0.05, 0.1) is 18.3 Å². The third-order valence-corrected chi connectivity index (χ3v) is 4.72. The summed E-state index contributed by atoms with van der Waals surface area (Å²) in [5.74, 6) is 1.05. The molecule has 0 spiro atoms. The van der Waals surface area contributed by atoms with Crippen LogP contribution < -0.4 is 9.46 Å².